The molecular formula is C18H28N4O4S. The number of ether oxygens (including phenoxy) is 1. The van der Waals surface area contributed by atoms with E-state index in [1.807, 2.05) is 13.8 Å². The van der Waals surface area contributed by atoms with E-state index in [1.54, 1.807) is 26.0 Å². The topological polar surface area (TPSA) is 112 Å². The van der Waals surface area contributed by atoms with Crippen molar-refractivity contribution < 1.29 is 17.9 Å². The largest absolute Gasteiger partial charge is 0.492 e. The molecule has 9 heteroatoms. The Balaban J connectivity index is 3.00. The molecule has 150 valence electrons. The van der Waals surface area contributed by atoms with Crippen LogP contribution in [0.3, 0.4) is 0 Å². The van der Waals surface area contributed by atoms with Crippen LogP contribution in [-0.4, -0.2) is 51.4 Å². The van der Waals surface area contributed by atoms with Crippen LogP contribution in [0.4, 0.5) is 5.69 Å². The minimum absolute atomic E-state index is 0.0174. The van der Waals surface area contributed by atoms with Crippen LogP contribution >= 0.6 is 0 Å². The lowest BCUT2D eigenvalue weighted by atomic mass is 9.90. The van der Waals surface area contributed by atoms with Crippen molar-refractivity contribution in [2.24, 2.45) is 5.92 Å². The summed E-state index contributed by atoms with van der Waals surface area (Å²) in [6, 6.07) is 6.73. The molecule has 0 heterocycles. The van der Waals surface area contributed by atoms with Gasteiger partial charge in [-0.2, -0.15) is 5.26 Å². The molecule has 0 saturated heterocycles. The summed E-state index contributed by atoms with van der Waals surface area (Å²) in [5.74, 6) is -0.175. The molecule has 1 amide bonds. The van der Waals surface area contributed by atoms with Gasteiger partial charge in [-0.25, -0.2) is 12.7 Å². The number of amides is 1. The van der Waals surface area contributed by atoms with E-state index < -0.39 is 15.6 Å². The average Bonchev–Trinajstić information content (AvgIpc) is 2.60. The SMILES string of the molecule is CCOc1ccc(NCC(=O)NC(C)(C#N)C(C)C)cc1S(=O)(=O)N(C)C. The van der Waals surface area contributed by atoms with Crippen molar-refractivity contribution in [2.75, 3.05) is 32.6 Å². The van der Waals surface area contributed by atoms with Gasteiger partial charge in [0.05, 0.1) is 19.2 Å². The second kappa shape index (κ2) is 9.06. The third-order valence-electron chi connectivity index (χ3n) is 4.24. The fraction of sp³-hybridized carbons (Fsp3) is 0.556. The summed E-state index contributed by atoms with van der Waals surface area (Å²) in [6.45, 7) is 7.35. The standard InChI is InChI=1S/C18H28N4O4S/c1-7-26-15-9-8-14(10-16(15)27(24,25)22(5)6)20-11-17(23)21-18(4,12-19)13(2)3/h8-10,13,20H,7,11H2,1-6H3,(H,21,23). The fourth-order valence-electron chi connectivity index (χ4n) is 2.11. The Bertz CT molecular complexity index is 815. The molecule has 1 aromatic rings. The third-order valence-corrected chi connectivity index (χ3v) is 6.08. The number of benzene rings is 1. The number of carbonyl (C=O) groups is 1. The average molecular weight is 397 g/mol. The van der Waals surface area contributed by atoms with Crippen LogP contribution in [0, 0.1) is 17.2 Å². The van der Waals surface area contributed by atoms with Gasteiger partial charge in [0.2, 0.25) is 15.9 Å². The van der Waals surface area contributed by atoms with Crippen LogP contribution in [0.15, 0.2) is 23.1 Å². The van der Waals surface area contributed by atoms with E-state index in [1.165, 1.54) is 20.2 Å². The summed E-state index contributed by atoms with van der Waals surface area (Å²) in [5.41, 5.74) is -0.519. The van der Waals surface area contributed by atoms with Crippen LogP contribution in [0.1, 0.15) is 27.7 Å². The van der Waals surface area contributed by atoms with Crippen LogP contribution in [0.5, 0.6) is 5.75 Å². The van der Waals surface area contributed by atoms with Gasteiger partial charge in [0.1, 0.15) is 16.2 Å². The maximum atomic E-state index is 12.5. The van der Waals surface area contributed by atoms with Gasteiger partial charge in [-0.15, -0.1) is 0 Å². The third kappa shape index (κ3) is 5.58. The Kier molecular flexibility index (Phi) is 7.63. The zero-order valence-corrected chi connectivity index (χ0v) is 17.5. The van der Waals surface area contributed by atoms with Gasteiger partial charge in [0.15, 0.2) is 0 Å². The molecule has 0 fully saturated rings. The van der Waals surface area contributed by atoms with Gasteiger partial charge in [-0.3, -0.25) is 4.79 Å². The molecule has 1 rings (SSSR count). The smallest absolute Gasteiger partial charge is 0.246 e. The highest BCUT2D eigenvalue weighted by atomic mass is 32.2. The second-order valence-electron chi connectivity index (χ2n) is 6.75. The molecule has 0 spiro atoms. The fourth-order valence-corrected chi connectivity index (χ4v) is 3.16. The van der Waals surface area contributed by atoms with Gasteiger partial charge < -0.3 is 15.4 Å². The van der Waals surface area contributed by atoms with Crippen molar-refractivity contribution in [3.8, 4) is 11.8 Å². The Morgan fingerprint density at radius 3 is 2.48 bits per heavy atom. The molecule has 1 unspecified atom stereocenters. The van der Waals surface area contributed by atoms with Crippen LogP contribution < -0.4 is 15.4 Å². The van der Waals surface area contributed by atoms with Crippen molar-refractivity contribution in [1.82, 2.24) is 9.62 Å². The van der Waals surface area contributed by atoms with Gasteiger partial charge >= 0.3 is 0 Å². The zero-order valence-electron chi connectivity index (χ0n) is 16.7. The summed E-state index contributed by atoms with van der Waals surface area (Å²) < 4.78 is 31.6. The van der Waals surface area contributed by atoms with Gasteiger partial charge in [-0.1, -0.05) is 13.8 Å². The highest BCUT2D eigenvalue weighted by molar-refractivity contribution is 7.89. The van der Waals surface area contributed by atoms with E-state index in [0.29, 0.717) is 12.3 Å². The normalized spacial score (nSPS) is 13.7. The summed E-state index contributed by atoms with van der Waals surface area (Å²) in [7, 11) is -0.835. The first-order valence-electron chi connectivity index (χ1n) is 8.63. The van der Waals surface area contributed by atoms with Crippen molar-refractivity contribution in [3.63, 3.8) is 0 Å². The van der Waals surface area contributed by atoms with Crippen molar-refractivity contribution in [1.29, 1.82) is 5.26 Å². The molecule has 0 aliphatic heterocycles. The maximum Gasteiger partial charge on any atom is 0.246 e. The molecule has 2 N–H and O–H groups in total. The number of nitrogens with zero attached hydrogens (tertiary/aromatic N) is 2. The monoisotopic (exact) mass is 396 g/mol. The van der Waals surface area contributed by atoms with E-state index in [9.17, 15) is 18.5 Å². The van der Waals surface area contributed by atoms with E-state index in [4.69, 9.17) is 4.74 Å². The summed E-state index contributed by atoms with van der Waals surface area (Å²) in [6.07, 6.45) is 0. The Labute approximate surface area is 161 Å². The van der Waals surface area contributed by atoms with E-state index in [-0.39, 0.29) is 29.0 Å². The van der Waals surface area contributed by atoms with Gasteiger partial charge in [0, 0.05) is 19.8 Å². The summed E-state index contributed by atoms with van der Waals surface area (Å²) >= 11 is 0. The number of hydrogen-bond donors (Lipinski definition) is 2. The zero-order chi connectivity index (χ0) is 20.8. The Morgan fingerprint density at radius 2 is 2.00 bits per heavy atom. The van der Waals surface area contributed by atoms with E-state index in [0.717, 1.165) is 4.31 Å². The number of anilines is 1. The van der Waals surface area contributed by atoms with Crippen LogP contribution in [0.25, 0.3) is 0 Å². The first-order valence-corrected chi connectivity index (χ1v) is 10.1. The molecule has 1 atom stereocenters. The van der Waals surface area contributed by atoms with Crippen molar-refractivity contribution in [2.45, 2.75) is 38.1 Å². The number of hydrogen-bond acceptors (Lipinski definition) is 6. The minimum Gasteiger partial charge on any atom is -0.492 e. The van der Waals surface area contributed by atoms with Crippen LogP contribution in [-0.2, 0) is 14.8 Å². The highest BCUT2D eigenvalue weighted by Gasteiger charge is 2.30. The minimum atomic E-state index is -3.71. The lowest BCUT2D eigenvalue weighted by molar-refractivity contribution is -0.121. The lowest BCUT2D eigenvalue weighted by Crippen LogP contribution is -2.50. The predicted molar refractivity (Wildman–Crippen MR) is 104 cm³/mol. The molecule has 0 aliphatic carbocycles. The second-order valence-corrected chi connectivity index (χ2v) is 8.87. The van der Waals surface area contributed by atoms with Gasteiger partial charge in [0.25, 0.3) is 0 Å². The maximum absolute atomic E-state index is 12.5. The molecular weight excluding hydrogens is 368 g/mol. The quantitative estimate of drug-likeness (QED) is 0.658. The molecule has 1 aromatic carbocycles. The van der Waals surface area contributed by atoms with Gasteiger partial charge in [-0.05, 0) is 38.0 Å². The lowest BCUT2D eigenvalue weighted by Gasteiger charge is -2.27. The Morgan fingerprint density at radius 1 is 1.37 bits per heavy atom. The van der Waals surface area contributed by atoms with Crippen LogP contribution in [0.2, 0.25) is 0 Å². The molecule has 0 aromatic heterocycles. The van der Waals surface area contributed by atoms with Crippen molar-refractivity contribution >= 4 is 21.6 Å². The molecule has 0 saturated carbocycles. The number of sulfonamides is 1. The molecule has 0 radical (unpaired) electrons. The number of carbonyl (C=O) groups excluding carboxylic acids is 1. The number of rotatable bonds is 9. The summed E-state index contributed by atoms with van der Waals surface area (Å²) in [5, 5.41) is 14.9. The van der Waals surface area contributed by atoms with E-state index in [2.05, 4.69) is 16.7 Å². The molecule has 0 bridgehead atoms. The predicted octanol–water partition coefficient (Wildman–Crippen LogP) is 1.80. The molecule has 27 heavy (non-hydrogen) atoms. The highest BCUT2D eigenvalue weighted by Crippen LogP contribution is 2.29. The molecule has 8 nitrogen and oxygen atoms in total. The molecule has 0 aliphatic rings. The van der Waals surface area contributed by atoms with E-state index >= 15 is 0 Å². The van der Waals surface area contributed by atoms with Crippen molar-refractivity contribution in [3.05, 3.63) is 18.2 Å². The number of nitriles is 1. The number of nitrogens with one attached hydrogen (secondary N) is 2. The first-order chi connectivity index (χ1) is 12.5. The first kappa shape index (κ1) is 22.7. The Hall–Kier alpha value is -2.31. The summed E-state index contributed by atoms with van der Waals surface area (Å²) in [4.78, 5) is 12.2.